The lowest BCUT2D eigenvalue weighted by Crippen LogP contribution is -2.41. The van der Waals surface area contributed by atoms with Gasteiger partial charge < -0.3 is 29.9 Å². The molecular formula is C7H16NO8P. The summed E-state index contributed by atoms with van der Waals surface area (Å²) in [6.07, 6.45) is 0. The number of hydrogen-bond donors (Lipinski definition) is 4. The number of carbonyl (C=O) groups excluding carboxylic acids is 2. The van der Waals surface area contributed by atoms with E-state index in [1.165, 1.54) is 0 Å². The average Bonchev–Trinajstić information content (AvgIpc) is 2.14. The SMILES string of the molecule is CCOC(=O)C(N)C(=O)OCC.O=P(O)(O)O. The molecule has 5 N–H and O–H groups in total. The predicted octanol–water partition coefficient (Wildman–Crippen LogP) is -1.49. The highest BCUT2D eigenvalue weighted by atomic mass is 31.2. The Labute approximate surface area is 97.8 Å². The van der Waals surface area contributed by atoms with Crippen LogP contribution in [-0.2, 0) is 23.6 Å². The quantitative estimate of drug-likeness (QED) is 0.272. The van der Waals surface area contributed by atoms with E-state index in [2.05, 4.69) is 9.47 Å². The van der Waals surface area contributed by atoms with Gasteiger partial charge in [-0.2, -0.15) is 0 Å². The lowest BCUT2D eigenvalue weighted by molar-refractivity contribution is -0.156. The van der Waals surface area contributed by atoms with Crippen LogP contribution in [0.15, 0.2) is 0 Å². The van der Waals surface area contributed by atoms with Crippen molar-refractivity contribution in [3.8, 4) is 0 Å². The summed E-state index contributed by atoms with van der Waals surface area (Å²) in [7, 11) is -4.64. The molecule has 0 rings (SSSR count). The van der Waals surface area contributed by atoms with Crippen molar-refractivity contribution >= 4 is 19.8 Å². The first kappa shape index (κ1) is 18.4. The van der Waals surface area contributed by atoms with Crippen LogP contribution in [0.25, 0.3) is 0 Å². The number of carbonyl (C=O) groups is 2. The summed E-state index contributed by atoms with van der Waals surface area (Å²) in [5.74, 6) is -1.51. The summed E-state index contributed by atoms with van der Waals surface area (Å²) in [4.78, 5) is 43.2. The minimum Gasteiger partial charge on any atom is -0.464 e. The Bertz CT molecular complexity index is 261. The zero-order chi connectivity index (χ0) is 14.1. The van der Waals surface area contributed by atoms with Crippen molar-refractivity contribution in [1.29, 1.82) is 0 Å². The Hall–Kier alpha value is -0.990. The first-order valence-electron chi connectivity index (χ1n) is 4.50. The normalized spacial score (nSPS) is 10.3. The summed E-state index contributed by atoms with van der Waals surface area (Å²) in [5.41, 5.74) is 5.18. The maximum atomic E-state index is 10.8. The maximum absolute atomic E-state index is 10.8. The fourth-order valence-corrected chi connectivity index (χ4v) is 0.560. The van der Waals surface area contributed by atoms with Crippen LogP contribution in [0.5, 0.6) is 0 Å². The molecule has 0 radical (unpaired) electrons. The lowest BCUT2D eigenvalue weighted by atomic mass is 10.3. The molecule has 17 heavy (non-hydrogen) atoms. The van der Waals surface area contributed by atoms with Gasteiger partial charge in [0.1, 0.15) is 0 Å². The standard InChI is InChI=1S/C7H13NO4.H3O4P/c1-3-11-6(9)5(8)7(10)12-4-2;1-5(2,3)4/h5H,3-4,8H2,1-2H3;(H3,1,2,3,4). The molecule has 10 heteroatoms. The zero-order valence-corrected chi connectivity index (χ0v) is 10.3. The van der Waals surface area contributed by atoms with Crippen LogP contribution in [0.3, 0.4) is 0 Å². The van der Waals surface area contributed by atoms with Crippen LogP contribution in [0.4, 0.5) is 0 Å². The molecule has 0 aromatic heterocycles. The van der Waals surface area contributed by atoms with Crippen molar-refractivity contribution in [1.82, 2.24) is 0 Å². The predicted molar refractivity (Wildman–Crippen MR) is 55.5 cm³/mol. The van der Waals surface area contributed by atoms with Gasteiger partial charge >= 0.3 is 19.8 Å². The molecule has 0 aromatic carbocycles. The van der Waals surface area contributed by atoms with E-state index in [-0.39, 0.29) is 13.2 Å². The topological polar surface area (TPSA) is 156 Å². The van der Waals surface area contributed by atoms with E-state index < -0.39 is 25.8 Å². The van der Waals surface area contributed by atoms with Crippen LogP contribution in [0.2, 0.25) is 0 Å². The van der Waals surface area contributed by atoms with Crippen LogP contribution < -0.4 is 5.73 Å². The third-order valence-electron chi connectivity index (χ3n) is 1.08. The van der Waals surface area contributed by atoms with Gasteiger partial charge in [-0.15, -0.1) is 0 Å². The average molecular weight is 273 g/mol. The van der Waals surface area contributed by atoms with Crippen LogP contribution in [0.1, 0.15) is 13.8 Å². The van der Waals surface area contributed by atoms with Crippen molar-refractivity contribution in [3.05, 3.63) is 0 Å². The summed E-state index contributed by atoms with van der Waals surface area (Å²) in [6.45, 7) is 3.67. The second-order valence-corrected chi connectivity index (χ2v) is 3.52. The lowest BCUT2D eigenvalue weighted by Gasteiger charge is -2.08. The maximum Gasteiger partial charge on any atom is 0.466 e. The highest BCUT2D eigenvalue weighted by Crippen LogP contribution is 2.25. The molecule has 102 valence electrons. The number of nitrogens with two attached hydrogens (primary N) is 1. The van der Waals surface area contributed by atoms with Crippen LogP contribution in [0, 0.1) is 0 Å². The van der Waals surface area contributed by atoms with E-state index in [9.17, 15) is 9.59 Å². The van der Waals surface area contributed by atoms with Gasteiger partial charge in [-0.1, -0.05) is 0 Å². The second-order valence-electron chi connectivity index (χ2n) is 2.50. The molecule has 0 amide bonds. The largest absolute Gasteiger partial charge is 0.466 e. The third kappa shape index (κ3) is 15.0. The van der Waals surface area contributed by atoms with Gasteiger partial charge in [0.25, 0.3) is 0 Å². The minimum absolute atomic E-state index is 0.200. The molecule has 0 saturated heterocycles. The number of phosphoric acid groups is 1. The second kappa shape index (κ2) is 9.08. The molecule has 9 nitrogen and oxygen atoms in total. The minimum atomic E-state index is -4.64. The Morgan fingerprint density at radius 2 is 1.35 bits per heavy atom. The fourth-order valence-electron chi connectivity index (χ4n) is 0.560. The van der Waals surface area contributed by atoms with E-state index >= 15 is 0 Å². The monoisotopic (exact) mass is 273 g/mol. The molecule has 0 aromatic rings. The van der Waals surface area contributed by atoms with Crippen molar-refractivity contribution in [2.24, 2.45) is 5.73 Å². The van der Waals surface area contributed by atoms with Gasteiger partial charge in [-0.25, -0.2) is 14.2 Å². The van der Waals surface area contributed by atoms with Gasteiger partial charge in [0.05, 0.1) is 13.2 Å². The van der Waals surface area contributed by atoms with Crippen molar-refractivity contribution < 1.29 is 38.3 Å². The van der Waals surface area contributed by atoms with Gasteiger partial charge in [0, 0.05) is 0 Å². The van der Waals surface area contributed by atoms with Gasteiger partial charge in [-0.05, 0) is 13.8 Å². The highest BCUT2D eigenvalue weighted by Gasteiger charge is 2.24. The van der Waals surface area contributed by atoms with Crippen molar-refractivity contribution in [2.45, 2.75) is 19.9 Å². The Kier molecular flexibility index (Phi) is 9.82. The Morgan fingerprint density at radius 1 is 1.12 bits per heavy atom. The van der Waals surface area contributed by atoms with E-state index in [4.69, 9.17) is 25.0 Å². The molecule has 0 spiro atoms. The fraction of sp³-hybridized carbons (Fsp3) is 0.714. The molecular weight excluding hydrogens is 257 g/mol. The molecule has 0 aliphatic rings. The molecule has 0 saturated carbocycles. The summed E-state index contributed by atoms with van der Waals surface area (Å²) in [5, 5.41) is 0. The summed E-state index contributed by atoms with van der Waals surface area (Å²) in [6, 6.07) is -1.31. The van der Waals surface area contributed by atoms with Gasteiger partial charge in [0.2, 0.25) is 6.04 Å². The molecule has 0 unspecified atom stereocenters. The first-order chi connectivity index (χ1) is 7.63. The smallest absolute Gasteiger partial charge is 0.464 e. The van der Waals surface area contributed by atoms with Crippen molar-refractivity contribution in [3.63, 3.8) is 0 Å². The van der Waals surface area contributed by atoms with Crippen LogP contribution in [-0.4, -0.2) is 45.9 Å². The Balaban J connectivity index is 0. The molecule has 0 aliphatic heterocycles. The summed E-state index contributed by atoms with van der Waals surface area (Å²) >= 11 is 0. The molecule has 0 atom stereocenters. The van der Waals surface area contributed by atoms with Crippen molar-refractivity contribution in [2.75, 3.05) is 13.2 Å². The number of hydrogen-bond acceptors (Lipinski definition) is 6. The first-order valence-corrected chi connectivity index (χ1v) is 6.07. The van der Waals surface area contributed by atoms with Gasteiger partial charge in [-0.3, -0.25) is 0 Å². The zero-order valence-electron chi connectivity index (χ0n) is 9.40. The molecule has 0 aliphatic carbocycles. The van der Waals surface area contributed by atoms with E-state index in [1.54, 1.807) is 13.8 Å². The van der Waals surface area contributed by atoms with E-state index in [0.717, 1.165) is 0 Å². The van der Waals surface area contributed by atoms with Crippen LogP contribution >= 0.6 is 7.82 Å². The highest BCUT2D eigenvalue weighted by molar-refractivity contribution is 7.45. The number of esters is 2. The van der Waals surface area contributed by atoms with Gasteiger partial charge in [0.15, 0.2) is 0 Å². The third-order valence-corrected chi connectivity index (χ3v) is 1.08. The number of rotatable bonds is 4. The van der Waals surface area contributed by atoms with E-state index in [0.29, 0.717) is 0 Å². The molecule has 0 bridgehead atoms. The summed E-state index contributed by atoms with van der Waals surface area (Å²) < 4.78 is 17.9. The molecule has 0 heterocycles. The van der Waals surface area contributed by atoms with E-state index in [1.807, 2.05) is 0 Å². The Morgan fingerprint density at radius 3 is 1.53 bits per heavy atom. The number of ether oxygens (including phenoxy) is 2. The molecule has 0 fully saturated rings.